The second kappa shape index (κ2) is 3.99. The van der Waals surface area contributed by atoms with Gasteiger partial charge in [-0.05, 0) is 24.6 Å². The Hall–Kier alpha value is -1.20. The van der Waals surface area contributed by atoms with E-state index in [0.29, 0.717) is 5.02 Å². The van der Waals surface area contributed by atoms with Crippen molar-refractivity contribution >= 4 is 17.5 Å². The molecule has 16 heavy (non-hydrogen) atoms. The highest BCUT2D eigenvalue weighted by Gasteiger charge is 2.55. The Balaban J connectivity index is 3.20. The first-order valence-corrected chi connectivity index (χ1v) is 4.73. The van der Waals surface area contributed by atoms with Gasteiger partial charge in [-0.2, -0.15) is 8.78 Å². The molecule has 1 aromatic rings. The topological polar surface area (TPSA) is 63.3 Å². The van der Waals surface area contributed by atoms with Gasteiger partial charge in [-0.15, -0.1) is 0 Å². The molecule has 1 rings (SSSR count). The van der Waals surface area contributed by atoms with Crippen molar-refractivity contribution < 1.29 is 18.7 Å². The third-order valence-corrected chi connectivity index (χ3v) is 2.58. The number of hydrogen-bond acceptors (Lipinski definition) is 2. The normalized spacial score (nSPS) is 15.6. The molecule has 1 atom stereocenters. The summed E-state index contributed by atoms with van der Waals surface area (Å²) in [4.78, 5) is 10.6. The van der Waals surface area contributed by atoms with E-state index in [1.54, 1.807) is 0 Å². The van der Waals surface area contributed by atoms with Crippen molar-refractivity contribution in [3.8, 4) is 0 Å². The lowest BCUT2D eigenvalue weighted by Gasteiger charge is -2.30. The van der Waals surface area contributed by atoms with Gasteiger partial charge in [0.1, 0.15) is 0 Å². The first-order chi connectivity index (χ1) is 7.19. The van der Waals surface area contributed by atoms with E-state index in [-0.39, 0.29) is 5.56 Å². The molecule has 88 valence electrons. The van der Waals surface area contributed by atoms with E-state index < -0.39 is 17.4 Å². The number of nitrogens with two attached hydrogens (primary N) is 1. The van der Waals surface area contributed by atoms with Crippen LogP contribution in [0.1, 0.15) is 12.5 Å². The van der Waals surface area contributed by atoms with E-state index in [1.165, 1.54) is 24.3 Å². The quantitative estimate of drug-likeness (QED) is 0.856. The molecule has 0 bridgehead atoms. The number of alkyl halides is 2. The number of carbonyl (C=O) groups excluding carboxylic acids is 1. The average Bonchev–Trinajstić information content (AvgIpc) is 2.17. The monoisotopic (exact) mass is 249 g/mol. The molecule has 0 radical (unpaired) electrons. The van der Waals surface area contributed by atoms with Crippen LogP contribution in [0.25, 0.3) is 0 Å². The van der Waals surface area contributed by atoms with Crippen molar-refractivity contribution in [2.45, 2.75) is 18.4 Å². The fraction of sp³-hybridized carbons (Fsp3) is 0.300. The van der Waals surface area contributed by atoms with E-state index >= 15 is 0 Å². The maximum Gasteiger partial charge on any atom is 0.355 e. The zero-order chi connectivity index (χ0) is 12.6. The van der Waals surface area contributed by atoms with E-state index in [4.69, 9.17) is 11.6 Å². The summed E-state index contributed by atoms with van der Waals surface area (Å²) in [7, 11) is 0. The van der Waals surface area contributed by atoms with E-state index in [0.717, 1.165) is 6.92 Å². The molecule has 1 aromatic carbocycles. The summed E-state index contributed by atoms with van der Waals surface area (Å²) in [6, 6.07) is 5.09. The molecule has 3 nitrogen and oxygen atoms in total. The Morgan fingerprint density at radius 2 is 1.81 bits per heavy atom. The zero-order valence-corrected chi connectivity index (χ0v) is 9.13. The average molecular weight is 250 g/mol. The Kier molecular flexibility index (Phi) is 3.21. The fourth-order valence-electron chi connectivity index (χ4n) is 1.20. The molecule has 0 heterocycles. The summed E-state index contributed by atoms with van der Waals surface area (Å²) >= 11 is 5.58. The molecule has 6 heteroatoms. The predicted octanol–water partition coefficient (Wildman–Crippen LogP) is 1.67. The van der Waals surface area contributed by atoms with Crippen LogP contribution in [0.3, 0.4) is 0 Å². The van der Waals surface area contributed by atoms with E-state index in [9.17, 15) is 18.7 Å². The van der Waals surface area contributed by atoms with Gasteiger partial charge in [-0.1, -0.05) is 23.7 Å². The van der Waals surface area contributed by atoms with Gasteiger partial charge in [0, 0.05) is 5.02 Å². The molecule has 0 saturated heterocycles. The molecule has 1 unspecified atom stereocenters. The third kappa shape index (κ3) is 2.01. The standard InChI is InChI=1S/C10H10ClF2NO2/c1-9(16,10(12,13)8(14)15)6-2-4-7(11)5-3-6/h2-5,16H,1H3,(H2,14,15). The van der Waals surface area contributed by atoms with Crippen LogP contribution < -0.4 is 5.73 Å². The van der Waals surface area contributed by atoms with Gasteiger partial charge in [0.2, 0.25) is 0 Å². The summed E-state index contributed by atoms with van der Waals surface area (Å²) in [5.41, 5.74) is 1.75. The van der Waals surface area contributed by atoms with Crippen LogP contribution in [0, 0.1) is 0 Å². The van der Waals surface area contributed by atoms with E-state index in [2.05, 4.69) is 5.73 Å². The molecule has 0 aliphatic heterocycles. The number of primary amides is 1. The number of aliphatic hydroxyl groups is 1. The first kappa shape index (κ1) is 12.9. The maximum absolute atomic E-state index is 13.4. The SMILES string of the molecule is CC(O)(c1ccc(Cl)cc1)C(F)(F)C(N)=O. The maximum atomic E-state index is 13.4. The largest absolute Gasteiger partial charge is 0.379 e. The Labute approximate surface area is 95.8 Å². The number of rotatable bonds is 3. The molecule has 0 aliphatic rings. The summed E-state index contributed by atoms with van der Waals surface area (Å²) in [5.74, 6) is -5.94. The molecular weight excluding hydrogens is 240 g/mol. The lowest BCUT2D eigenvalue weighted by molar-refractivity contribution is -0.188. The van der Waals surface area contributed by atoms with Crippen LogP contribution in [0.5, 0.6) is 0 Å². The number of benzene rings is 1. The van der Waals surface area contributed by atoms with Gasteiger partial charge < -0.3 is 10.8 Å². The molecule has 1 amide bonds. The van der Waals surface area contributed by atoms with Crippen LogP contribution in [0.2, 0.25) is 5.02 Å². The van der Waals surface area contributed by atoms with Crippen molar-refractivity contribution in [1.29, 1.82) is 0 Å². The number of halogens is 3. The fourth-order valence-corrected chi connectivity index (χ4v) is 1.32. The van der Waals surface area contributed by atoms with E-state index in [1.807, 2.05) is 0 Å². The number of carbonyl (C=O) groups is 1. The van der Waals surface area contributed by atoms with Crippen LogP contribution in [0.4, 0.5) is 8.78 Å². The lowest BCUT2D eigenvalue weighted by atomic mass is 9.89. The van der Waals surface area contributed by atoms with Crippen LogP contribution in [-0.2, 0) is 10.4 Å². The van der Waals surface area contributed by atoms with Crippen molar-refractivity contribution in [2.24, 2.45) is 5.73 Å². The van der Waals surface area contributed by atoms with Gasteiger partial charge in [-0.25, -0.2) is 0 Å². The van der Waals surface area contributed by atoms with Crippen molar-refractivity contribution in [3.63, 3.8) is 0 Å². The van der Waals surface area contributed by atoms with Crippen LogP contribution in [0.15, 0.2) is 24.3 Å². The van der Waals surface area contributed by atoms with Gasteiger partial charge in [0.25, 0.3) is 5.91 Å². The molecule has 0 saturated carbocycles. The first-order valence-electron chi connectivity index (χ1n) is 4.35. The van der Waals surface area contributed by atoms with Gasteiger partial charge in [0.15, 0.2) is 5.60 Å². The highest BCUT2D eigenvalue weighted by atomic mass is 35.5. The Bertz CT molecular complexity index is 404. The zero-order valence-electron chi connectivity index (χ0n) is 8.38. The Morgan fingerprint density at radius 1 is 1.38 bits per heavy atom. The minimum Gasteiger partial charge on any atom is -0.379 e. The second-order valence-electron chi connectivity index (χ2n) is 3.52. The summed E-state index contributed by atoms with van der Waals surface area (Å²) in [6.45, 7) is 0.820. The molecule has 3 N–H and O–H groups in total. The van der Waals surface area contributed by atoms with Gasteiger partial charge in [-0.3, -0.25) is 4.79 Å². The molecule has 0 aromatic heterocycles. The Morgan fingerprint density at radius 3 is 2.19 bits per heavy atom. The second-order valence-corrected chi connectivity index (χ2v) is 3.95. The molecule has 0 fully saturated rings. The van der Waals surface area contributed by atoms with Gasteiger partial charge in [0.05, 0.1) is 0 Å². The predicted molar refractivity (Wildman–Crippen MR) is 55.2 cm³/mol. The minimum absolute atomic E-state index is 0.138. The smallest absolute Gasteiger partial charge is 0.355 e. The van der Waals surface area contributed by atoms with Crippen LogP contribution >= 0.6 is 11.6 Å². The molecular formula is C10H10ClF2NO2. The van der Waals surface area contributed by atoms with Crippen molar-refractivity contribution in [2.75, 3.05) is 0 Å². The van der Waals surface area contributed by atoms with Crippen molar-refractivity contribution in [3.05, 3.63) is 34.9 Å². The molecule has 0 aliphatic carbocycles. The molecule has 0 spiro atoms. The summed E-state index contributed by atoms with van der Waals surface area (Å²) in [5, 5.41) is 10.0. The summed E-state index contributed by atoms with van der Waals surface area (Å²) < 4.78 is 26.7. The van der Waals surface area contributed by atoms with Crippen LogP contribution in [-0.4, -0.2) is 16.9 Å². The minimum atomic E-state index is -4.05. The highest BCUT2D eigenvalue weighted by Crippen LogP contribution is 2.37. The third-order valence-electron chi connectivity index (χ3n) is 2.33. The number of hydrogen-bond donors (Lipinski definition) is 2. The van der Waals surface area contributed by atoms with Gasteiger partial charge >= 0.3 is 5.92 Å². The number of amides is 1. The van der Waals surface area contributed by atoms with Crippen molar-refractivity contribution in [1.82, 2.24) is 0 Å². The summed E-state index contributed by atoms with van der Waals surface area (Å²) in [6.07, 6.45) is 0. The highest BCUT2D eigenvalue weighted by molar-refractivity contribution is 6.30. The lowest BCUT2D eigenvalue weighted by Crippen LogP contribution is -2.52.